The van der Waals surface area contributed by atoms with Crippen LogP contribution in [-0.4, -0.2) is 5.78 Å². The number of hydrogen-bond donors (Lipinski definition) is 1. The Morgan fingerprint density at radius 2 is 1.84 bits per heavy atom. The summed E-state index contributed by atoms with van der Waals surface area (Å²) in [5.74, 6) is -1.59. The molecule has 0 fully saturated rings. The van der Waals surface area contributed by atoms with Gasteiger partial charge in [-0.05, 0) is 42.0 Å². The van der Waals surface area contributed by atoms with Gasteiger partial charge in [-0.25, -0.2) is 8.78 Å². The number of ketones is 1. The number of hydrogen-bond acceptors (Lipinski definition) is 2. The third-order valence-corrected chi connectivity index (χ3v) is 2.92. The molecule has 0 radical (unpaired) electrons. The van der Waals surface area contributed by atoms with Crippen molar-refractivity contribution in [3.05, 3.63) is 64.2 Å². The van der Waals surface area contributed by atoms with Crippen molar-refractivity contribution in [2.24, 2.45) is 0 Å². The van der Waals surface area contributed by atoms with E-state index in [1.54, 1.807) is 0 Å². The van der Waals surface area contributed by atoms with Gasteiger partial charge in [0, 0.05) is 17.0 Å². The number of nitrogen functional groups attached to an aromatic ring is 1. The molecule has 2 N–H and O–H groups in total. The lowest BCUT2D eigenvalue weighted by atomic mass is 10.0. The van der Waals surface area contributed by atoms with Crippen LogP contribution < -0.4 is 5.73 Å². The van der Waals surface area contributed by atoms with Gasteiger partial charge in [0.15, 0.2) is 5.78 Å². The molecule has 98 valence electrons. The normalized spacial score (nSPS) is 10.5. The van der Waals surface area contributed by atoms with E-state index in [4.69, 9.17) is 17.3 Å². The van der Waals surface area contributed by atoms with Gasteiger partial charge in [0.25, 0.3) is 0 Å². The first-order valence-corrected chi connectivity index (χ1v) is 5.87. The summed E-state index contributed by atoms with van der Waals surface area (Å²) in [5, 5.41) is 0.340. The first kappa shape index (κ1) is 13.5. The van der Waals surface area contributed by atoms with Crippen molar-refractivity contribution >= 4 is 23.1 Å². The van der Waals surface area contributed by atoms with Crippen LogP contribution in [0.25, 0.3) is 0 Å². The highest BCUT2D eigenvalue weighted by atomic mass is 35.5. The predicted molar refractivity (Wildman–Crippen MR) is 70.3 cm³/mol. The van der Waals surface area contributed by atoms with Crippen LogP contribution in [0.5, 0.6) is 0 Å². The summed E-state index contributed by atoms with van der Waals surface area (Å²) in [6, 6.07) is 7.71. The Hall–Kier alpha value is -1.94. The molecule has 19 heavy (non-hydrogen) atoms. The minimum absolute atomic E-state index is 0.0366. The van der Waals surface area contributed by atoms with Gasteiger partial charge >= 0.3 is 0 Å². The Kier molecular flexibility index (Phi) is 3.81. The fraction of sp³-hybridized carbons (Fsp3) is 0.0714. The summed E-state index contributed by atoms with van der Waals surface area (Å²) in [6.07, 6.45) is -0.185. The molecule has 2 rings (SSSR count). The summed E-state index contributed by atoms with van der Waals surface area (Å²) < 4.78 is 26.7. The number of nitrogens with two attached hydrogens (primary N) is 1. The summed E-state index contributed by atoms with van der Waals surface area (Å²) in [7, 11) is 0. The van der Waals surface area contributed by atoms with Gasteiger partial charge in [-0.3, -0.25) is 4.79 Å². The first-order chi connectivity index (χ1) is 8.97. The van der Waals surface area contributed by atoms with Crippen LogP contribution in [0.4, 0.5) is 14.5 Å². The lowest BCUT2D eigenvalue weighted by Gasteiger charge is -2.05. The third kappa shape index (κ3) is 3.09. The van der Waals surface area contributed by atoms with E-state index < -0.39 is 17.4 Å². The Balaban J connectivity index is 2.25. The van der Waals surface area contributed by atoms with Crippen molar-refractivity contribution in [3.63, 3.8) is 0 Å². The zero-order chi connectivity index (χ0) is 14.0. The van der Waals surface area contributed by atoms with Gasteiger partial charge in [-0.1, -0.05) is 11.6 Å². The van der Waals surface area contributed by atoms with Crippen LogP contribution in [0.2, 0.25) is 5.02 Å². The van der Waals surface area contributed by atoms with E-state index >= 15 is 0 Å². The number of Topliss-reactive ketones (excluding diaryl/α,β-unsaturated/α-hetero) is 1. The zero-order valence-corrected chi connectivity index (χ0v) is 10.5. The summed E-state index contributed by atoms with van der Waals surface area (Å²) in [6.45, 7) is 0. The number of carbonyl (C=O) groups is 1. The fourth-order valence-electron chi connectivity index (χ4n) is 1.65. The highest BCUT2D eigenvalue weighted by molar-refractivity contribution is 6.30. The van der Waals surface area contributed by atoms with Crippen molar-refractivity contribution in [1.82, 2.24) is 0 Å². The highest BCUT2D eigenvalue weighted by Crippen LogP contribution is 2.18. The van der Waals surface area contributed by atoms with Gasteiger partial charge in [0.1, 0.15) is 11.6 Å². The average Bonchev–Trinajstić information content (AvgIpc) is 2.37. The standard InChI is InChI=1S/C14H10ClF2NO/c15-10-2-3-11(16)9(5-10)7-14(19)8-1-4-13(18)12(17)6-8/h1-6H,7,18H2. The topological polar surface area (TPSA) is 43.1 Å². The number of rotatable bonds is 3. The summed E-state index contributed by atoms with van der Waals surface area (Å²) in [4.78, 5) is 11.9. The molecule has 2 aromatic carbocycles. The Labute approximate surface area is 113 Å². The van der Waals surface area contributed by atoms with Crippen LogP contribution in [0, 0.1) is 11.6 Å². The highest BCUT2D eigenvalue weighted by Gasteiger charge is 2.12. The molecule has 0 saturated heterocycles. The second-order valence-corrected chi connectivity index (χ2v) is 4.51. The molecule has 5 heteroatoms. The van der Waals surface area contributed by atoms with Crippen molar-refractivity contribution in [1.29, 1.82) is 0 Å². The average molecular weight is 282 g/mol. The summed E-state index contributed by atoms with van der Waals surface area (Å²) >= 11 is 5.74. The van der Waals surface area contributed by atoms with Crippen molar-refractivity contribution < 1.29 is 13.6 Å². The monoisotopic (exact) mass is 281 g/mol. The van der Waals surface area contributed by atoms with Gasteiger partial charge in [0.05, 0.1) is 5.69 Å². The molecule has 0 aromatic heterocycles. The number of benzene rings is 2. The first-order valence-electron chi connectivity index (χ1n) is 5.49. The van der Waals surface area contributed by atoms with Gasteiger partial charge < -0.3 is 5.73 Å². The van der Waals surface area contributed by atoms with Gasteiger partial charge in [0.2, 0.25) is 0 Å². The molecule has 0 bridgehead atoms. The molecular weight excluding hydrogens is 272 g/mol. The second-order valence-electron chi connectivity index (χ2n) is 4.07. The SMILES string of the molecule is Nc1ccc(C(=O)Cc2cc(Cl)ccc2F)cc1F. The third-order valence-electron chi connectivity index (χ3n) is 2.68. The van der Waals surface area contributed by atoms with Gasteiger partial charge in [-0.2, -0.15) is 0 Å². The van der Waals surface area contributed by atoms with Crippen molar-refractivity contribution in [3.8, 4) is 0 Å². The predicted octanol–water partition coefficient (Wildman–Crippen LogP) is 3.63. The quantitative estimate of drug-likeness (QED) is 0.690. The molecule has 0 aliphatic rings. The Morgan fingerprint density at radius 1 is 1.11 bits per heavy atom. The molecule has 0 unspecified atom stereocenters. The summed E-state index contributed by atoms with van der Waals surface area (Å²) in [5.41, 5.74) is 5.61. The van der Waals surface area contributed by atoms with E-state index in [1.807, 2.05) is 0 Å². The molecule has 0 atom stereocenters. The molecule has 2 nitrogen and oxygen atoms in total. The molecule has 0 aliphatic carbocycles. The molecule has 2 aromatic rings. The van der Waals surface area contributed by atoms with Crippen LogP contribution in [-0.2, 0) is 6.42 Å². The maximum absolute atomic E-state index is 13.5. The second kappa shape index (κ2) is 5.36. The zero-order valence-electron chi connectivity index (χ0n) is 9.79. The van der Waals surface area contributed by atoms with E-state index in [-0.39, 0.29) is 23.2 Å². The molecule has 0 heterocycles. The molecule has 0 aliphatic heterocycles. The minimum atomic E-state index is -0.669. The molecule has 0 amide bonds. The van der Waals surface area contributed by atoms with E-state index in [2.05, 4.69) is 0 Å². The van der Waals surface area contributed by atoms with Crippen molar-refractivity contribution in [2.75, 3.05) is 5.73 Å². The largest absolute Gasteiger partial charge is 0.396 e. The molecule has 0 spiro atoms. The maximum atomic E-state index is 13.5. The fourth-order valence-corrected chi connectivity index (χ4v) is 1.85. The van der Waals surface area contributed by atoms with E-state index in [9.17, 15) is 13.6 Å². The smallest absolute Gasteiger partial charge is 0.167 e. The lowest BCUT2D eigenvalue weighted by molar-refractivity contribution is 0.0991. The Morgan fingerprint density at radius 3 is 2.53 bits per heavy atom. The van der Waals surface area contributed by atoms with Crippen LogP contribution in [0.15, 0.2) is 36.4 Å². The molecular formula is C14H10ClF2NO. The minimum Gasteiger partial charge on any atom is -0.396 e. The number of anilines is 1. The van der Waals surface area contributed by atoms with E-state index in [0.717, 1.165) is 6.07 Å². The molecule has 0 saturated carbocycles. The van der Waals surface area contributed by atoms with Crippen LogP contribution in [0.1, 0.15) is 15.9 Å². The van der Waals surface area contributed by atoms with E-state index in [1.165, 1.54) is 30.3 Å². The maximum Gasteiger partial charge on any atom is 0.167 e. The van der Waals surface area contributed by atoms with Crippen LogP contribution in [0.3, 0.4) is 0 Å². The number of halogens is 3. The number of carbonyl (C=O) groups excluding carboxylic acids is 1. The van der Waals surface area contributed by atoms with Gasteiger partial charge in [-0.15, -0.1) is 0 Å². The van der Waals surface area contributed by atoms with Crippen LogP contribution >= 0.6 is 11.6 Å². The lowest BCUT2D eigenvalue weighted by Crippen LogP contribution is -2.06. The van der Waals surface area contributed by atoms with E-state index in [0.29, 0.717) is 5.02 Å². The van der Waals surface area contributed by atoms with Crippen molar-refractivity contribution in [2.45, 2.75) is 6.42 Å². The Bertz CT molecular complexity index is 643.